The fraction of sp³-hybridized carbons (Fsp3) is 0.583. The zero-order valence-electron chi connectivity index (χ0n) is 12.2. The standard InChI is InChI=1S/C12H18ClN5O2S/c1-4-5-18-10(14-8-15-18)6-17-7-11(21(13,19)20)16-12(17)9(2)3/h7-9H,4-6H2,1-3H3. The Labute approximate surface area is 128 Å². The Kier molecular flexibility index (Phi) is 4.67. The van der Waals surface area contributed by atoms with Crippen LogP contribution in [0.5, 0.6) is 0 Å². The lowest BCUT2D eigenvalue weighted by molar-refractivity contribution is 0.544. The number of rotatable bonds is 6. The molecule has 0 saturated heterocycles. The quantitative estimate of drug-likeness (QED) is 0.756. The van der Waals surface area contributed by atoms with Gasteiger partial charge in [0.15, 0.2) is 5.03 Å². The molecule has 2 heterocycles. The molecule has 0 radical (unpaired) electrons. The van der Waals surface area contributed by atoms with Gasteiger partial charge in [0, 0.05) is 29.3 Å². The molecule has 9 heteroatoms. The average molecular weight is 332 g/mol. The van der Waals surface area contributed by atoms with Crippen LogP contribution in [-0.2, 0) is 22.1 Å². The van der Waals surface area contributed by atoms with E-state index in [2.05, 4.69) is 22.0 Å². The summed E-state index contributed by atoms with van der Waals surface area (Å²) in [5, 5.41) is 4.03. The Morgan fingerprint density at radius 3 is 2.67 bits per heavy atom. The van der Waals surface area contributed by atoms with Crippen LogP contribution in [0.2, 0.25) is 0 Å². The zero-order valence-corrected chi connectivity index (χ0v) is 13.8. The normalized spacial score (nSPS) is 12.2. The molecule has 0 aliphatic rings. The second kappa shape index (κ2) is 6.15. The number of hydrogen-bond donors (Lipinski definition) is 0. The van der Waals surface area contributed by atoms with Gasteiger partial charge in [-0.3, -0.25) is 0 Å². The molecule has 7 nitrogen and oxygen atoms in total. The lowest BCUT2D eigenvalue weighted by Crippen LogP contribution is -2.12. The van der Waals surface area contributed by atoms with Crippen molar-refractivity contribution in [2.75, 3.05) is 0 Å². The van der Waals surface area contributed by atoms with E-state index in [1.165, 1.54) is 12.5 Å². The van der Waals surface area contributed by atoms with Crippen LogP contribution in [0, 0.1) is 0 Å². The monoisotopic (exact) mass is 331 g/mol. The second-order valence-electron chi connectivity index (χ2n) is 5.06. The summed E-state index contributed by atoms with van der Waals surface area (Å²) in [4.78, 5) is 8.35. The van der Waals surface area contributed by atoms with Crippen molar-refractivity contribution >= 4 is 19.7 Å². The Morgan fingerprint density at radius 2 is 2.10 bits per heavy atom. The third kappa shape index (κ3) is 3.62. The first kappa shape index (κ1) is 16.0. The first-order valence-corrected chi connectivity index (χ1v) is 9.02. The molecule has 2 aromatic heterocycles. The van der Waals surface area contributed by atoms with Crippen LogP contribution < -0.4 is 0 Å². The summed E-state index contributed by atoms with van der Waals surface area (Å²) in [6, 6.07) is 0. The van der Waals surface area contributed by atoms with E-state index in [4.69, 9.17) is 10.7 Å². The predicted molar refractivity (Wildman–Crippen MR) is 78.8 cm³/mol. The smallest absolute Gasteiger partial charge is 0.280 e. The van der Waals surface area contributed by atoms with Crippen LogP contribution in [-0.4, -0.2) is 32.7 Å². The molecule has 0 saturated carbocycles. The van der Waals surface area contributed by atoms with Gasteiger partial charge in [-0.25, -0.2) is 23.1 Å². The molecule has 0 bridgehead atoms. The van der Waals surface area contributed by atoms with Crippen molar-refractivity contribution in [3.05, 3.63) is 24.2 Å². The summed E-state index contributed by atoms with van der Waals surface area (Å²) in [6.07, 6.45) is 3.89. The van der Waals surface area contributed by atoms with Gasteiger partial charge in [-0.15, -0.1) is 0 Å². The maximum atomic E-state index is 11.4. The number of aromatic nitrogens is 5. The number of nitrogens with zero attached hydrogens (tertiary/aromatic N) is 5. The molecule has 21 heavy (non-hydrogen) atoms. The van der Waals surface area contributed by atoms with Gasteiger partial charge in [0.2, 0.25) is 0 Å². The first-order chi connectivity index (χ1) is 9.82. The predicted octanol–water partition coefficient (Wildman–Crippen LogP) is 1.98. The Balaban J connectivity index is 2.39. The summed E-state index contributed by atoms with van der Waals surface area (Å²) < 4.78 is 26.5. The van der Waals surface area contributed by atoms with Crippen molar-refractivity contribution in [2.24, 2.45) is 0 Å². The molecule has 0 fully saturated rings. The Morgan fingerprint density at radius 1 is 1.38 bits per heavy atom. The van der Waals surface area contributed by atoms with Crippen molar-refractivity contribution in [3.63, 3.8) is 0 Å². The molecule has 0 unspecified atom stereocenters. The fourth-order valence-corrected chi connectivity index (χ4v) is 2.75. The fourth-order valence-electron chi connectivity index (χ4n) is 2.07. The van der Waals surface area contributed by atoms with Gasteiger partial charge >= 0.3 is 0 Å². The van der Waals surface area contributed by atoms with Crippen LogP contribution in [0.4, 0.5) is 0 Å². The zero-order chi connectivity index (χ0) is 15.6. The van der Waals surface area contributed by atoms with Crippen molar-refractivity contribution in [2.45, 2.75) is 51.2 Å². The van der Waals surface area contributed by atoms with E-state index >= 15 is 0 Å². The molecule has 0 aliphatic carbocycles. The van der Waals surface area contributed by atoms with Crippen LogP contribution in [0.25, 0.3) is 0 Å². The lowest BCUT2D eigenvalue weighted by Gasteiger charge is -2.10. The molecule has 0 N–H and O–H groups in total. The minimum Gasteiger partial charge on any atom is -0.326 e. The third-order valence-corrected chi connectivity index (χ3v) is 4.16. The van der Waals surface area contributed by atoms with Crippen LogP contribution in [0.3, 0.4) is 0 Å². The SMILES string of the molecule is CCCn1ncnc1Cn1cc(S(=O)(=O)Cl)nc1C(C)C. The van der Waals surface area contributed by atoms with Crippen LogP contribution in [0.15, 0.2) is 17.6 Å². The highest BCUT2D eigenvalue weighted by molar-refractivity contribution is 8.13. The minimum atomic E-state index is -3.84. The lowest BCUT2D eigenvalue weighted by atomic mass is 10.2. The van der Waals surface area contributed by atoms with Crippen LogP contribution in [0.1, 0.15) is 44.8 Å². The molecular formula is C12H18ClN5O2S. The maximum Gasteiger partial charge on any atom is 0.280 e. The molecular weight excluding hydrogens is 314 g/mol. The number of imidazole rings is 1. The van der Waals surface area contributed by atoms with Gasteiger partial charge in [-0.2, -0.15) is 5.10 Å². The molecule has 0 atom stereocenters. The van der Waals surface area contributed by atoms with E-state index in [0.717, 1.165) is 18.8 Å². The summed E-state index contributed by atoms with van der Waals surface area (Å²) in [5.41, 5.74) is 0. The average Bonchev–Trinajstić information content (AvgIpc) is 2.97. The number of halogens is 1. The Bertz CT molecular complexity index is 720. The summed E-state index contributed by atoms with van der Waals surface area (Å²) >= 11 is 0. The van der Waals surface area contributed by atoms with Gasteiger partial charge in [0.05, 0.1) is 6.54 Å². The van der Waals surface area contributed by atoms with Crippen molar-refractivity contribution in [1.29, 1.82) is 0 Å². The van der Waals surface area contributed by atoms with E-state index in [1.54, 1.807) is 9.25 Å². The molecule has 0 spiro atoms. The van der Waals surface area contributed by atoms with Gasteiger partial charge in [0.25, 0.3) is 9.05 Å². The highest BCUT2D eigenvalue weighted by Gasteiger charge is 2.20. The van der Waals surface area contributed by atoms with Crippen molar-refractivity contribution < 1.29 is 8.42 Å². The third-order valence-electron chi connectivity index (χ3n) is 2.99. The summed E-state index contributed by atoms with van der Waals surface area (Å²) in [5.74, 6) is 1.48. The van der Waals surface area contributed by atoms with Gasteiger partial charge < -0.3 is 4.57 Å². The van der Waals surface area contributed by atoms with Gasteiger partial charge in [-0.1, -0.05) is 20.8 Å². The second-order valence-corrected chi connectivity index (χ2v) is 7.57. The molecule has 0 aromatic carbocycles. The summed E-state index contributed by atoms with van der Waals surface area (Å²) in [6.45, 7) is 7.12. The van der Waals surface area contributed by atoms with E-state index in [9.17, 15) is 8.42 Å². The molecule has 0 amide bonds. The number of aryl methyl sites for hydroxylation is 1. The first-order valence-electron chi connectivity index (χ1n) is 6.71. The summed E-state index contributed by atoms with van der Waals surface area (Å²) in [7, 11) is 1.53. The molecule has 2 aromatic rings. The Hall–Kier alpha value is -1.41. The molecule has 116 valence electrons. The highest BCUT2D eigenvalue weighted by Crippen LogP contribution is 2.20. The number of hydrogen-bond acceptors (Lipinski definition) is 5. The molecule has 2 rings (SSSR count). The molecule has 0 aliphatic heterocycles. The van der Waals surface area contributed by atoms with Gasteiger partial charge in [0.1, 0.15) is 18.0 Å². The van der Waals surface area contributed by atoms with Gasteiger partial charge in [-0.05, 0) is 6.42 Å². The van der Waals surface area contributed by atoms with Crippen LogP contribution >= 0.6 is 10.7 Å². The topological polar surface area (TPSA) is 82.7 Å². The van der Waals surface area contributed by atoms with E-state index in [-0.39, 0.29) is 10.9 Å². The maximum absolute atomic E-state index is 11.4. The largest absolute Gasteiger partial charge is 0.326 e. The van der Waals surface area contributed by atoms with E-state index in [1.807, 2.05) is 13.8 Å². The van der Waals surface area contributed by atoms with E-state index < -0.39 is 9.05 Å². The highest BCUT2D eigenvalue weighted by atomic mass is 35.7. The van der Waals surface area contributed by atoms with Crippen molar-refractivity contribution in [3.8, 4) is 0 Å². The van der Waals surface area contributed by atoms with Crippen molar-refractivity contribution in [1.82, 2.24) is 24.3 Å². The minimum absolute atomic E-state index is 0.0692. The van der Waals surface area contributed by atoms with E-state index in [0.29, 0.717) is 12.4 Å².